The van der Waals surface area contributed by atoms with Crippen LogP contribution in [0.1, 0.15) is 37.0 Å². The number of benzene rings is 2. The van der Waals surface area contributed by atoms with Gasteiger partial charge in [-0.25, -0.2) is 13.1 Å². The minimum Gasteiger partial charge on any atom is -0.494 e. The van der Waals surface area contributed by atoms with Gasteiger partial charge in [-0.15, -0.1) is 0 Å². The summed E-state index contributed by atoms with van der Waals surface area (Å²) < 4.78 is 32.2. The van der Waals surface area contributed by atoms with Crippen molar-refractivity contribution in [2.45, 2.75) is 31.6 Å². The third-order valence-electron chi connectivity index (χ3n) is 3.78. The van der Waals surface area contributed by atoms with E-state index in [1.807, 2.05) is 13.8 Å². The van der Waals surface area contributed by atoms with Crippen LogP contribution in [-0.4, -0.2) is 32.6 Å². The summed E-state index contributed by atoms with van der Waals surface area (Å²) >= 11 is 5.16. The fourth-order valence-electron chi connectivity index (χ4n) is 2.30. The van der Waals surface area contributed by atoms with Crippen LogP contribution in [0.25, 0.3) is 0 Å². The van der Waals surface area contributed by atoms with E-state index in [2.05, 4.69) is 15.4 Å². The van der Waals surface area contributed by atoms with Gasteiger partial charge in [0.05, 0.1) is 11.5 Å². The van der Waals surface area contributed by atoms with Crippen molar-refractivity contribution in [3.8, 4) is 5.75 Å². The molecule has 0 aliphatic rings. The van der Waals surface area contributed by atoms with E-state index >= 15 is 0 Å². The van der Waals surface area contributed by atoms with Gasteiger partial charge in [-0.1, -0.05) is 13.8 Å². The van der Waals surface area contributed by atoms with Gasteiger partial charge in [-0.2, -0.15) is 0 Å². The Kier molecular flexibility index (Phi) is 8.56. The molecule has 0 saturated carbocycles. The highest BCUT2D eigenvalue weighted by Gasteiger charge is 2.13. The maximum atomic E-state index is 12.3. The van der Waals surface area contributed by atoms with Crippen molar-refractivity contribution in [3.63, 3.8) is 0 Å². The first-order valence-corrected chi connectivity index (χ1v) is 11.2. The first kappa shape index (κ1) is 22.8. The second-order valence-corrected chi connectivity index (χ2v) is 8.38. The number of hydrogen-bond acceptors (Lipinski definition) is 5. The summed E-state index contributed by atoms with van der Waals surface area (Å²) in [6, 6.07) is 12.9. The number of thiocarbonyl (C=S) groups is 1. The molecule has 1 amide bonds. The maximum Gasteiger partial charge on any atom is 0.257 e. The third kappa shape index (κ3) is 7.12. The molecule has 2 aromatic carbocycles. The van der Waals surface area contributed by atoms with Crippen LogP contribution in [0.3, 0.4) is 0 Å². The van der Waals surface area contributed by atoms with Crippen LogP contribution in [0.4, 0.5) is 5.69 Å². The largest absolute Gasteiger partial charge is 0.494 e. The summed E-state index contributed by atoms with van der Waals surface area (Å²) in [5.41, 5.74) is 1.01. The van der Waals surface area contributed by atoms with Crippen LogP contribution < -0.4 is 20.1 Å². The molecule has 0 atom stereocenters. The molecule has 2 rings (SSSR count). The van der Waals surface area contributed by atoms with Crippen molar-refractivity contribution in [3.05, 3.63) is 54.1 Å². The Morgan fingerprint density at radius 1 is 1.00 bits per heavy atom. The zero-order chi connectivity index (χ0) is 21.3. The number of nitrogens with one attached hydrogen (secondary N) is 3. The number of amides is 1. The molecule has 0 saturated heterocycles. The van der Waals surface area contributed by atoms with E-state index in [9.17, 15) is 13.2 Å². The standard InChI is InChI=1S/C20H25N3O4S2/c1-3-13-21-29(25,26)18-11-7-16(8-12-18)22-20(28)23-19(24)15-5-9-17(10-6-15)27-14-4-2/h5-12,21H,3-4,13-14H2,1-2H3,(H2,22,23,24,28). The van der Waals surface area contributed by atoms with Gasteiger partial charge < -0.3 is 10.1 Å². The molecule has 0 spiro atoms. The average molecular weight is 436 g/mol. The van der Waals surface area contributed by atoms with E-state index in [0.29, 0.717) is 36.6 Å². The average Bonchev–Trinajstić information content (AvgIpc) is 2.71. The zero-order valence-corrected chi connectivity index (χ0v) is 18.0. The summed E-state index contributed by atoms with van der Waals surface area (Å²) in [6.07, 6.45) is 1.62. The van der Waals surface area contributed by atoms with Crippen molar-refractivity contribution < 1.29 is 17.9 Å². The number of anilines is 1. The lowest BCUT2D eigenvalue weighted by molar-refractivity contribution is 0.0977. The van der Waals surface area contributed by atoms with Gasteiger partial charge in [-0.05, 0) is 73.6 Å². The van der Waals surface area contributed by atoms with Gasteiger partial charge in [0.15, 0.2) is 5.11 Å². The highest BCUT2D eigenvalue weighted by molar-refractivity contribution is 7.89. The van der Waals surface area contributed by atoms with Crippen LogP contribution in [0.2, 0.25) is 0 Å². The predicted molar refractivity (Wildman–Crippen MR) is 118 cm³/mol. The molecule has 9 heteroatoms. The van der Waals surface area contributed by atoms with E-state index < -0.39 is 10.0 Å². The van der Waals surface area contributed by atoms with Gasteiger partial charge >= 0.3 is 0 Å². The van der Waals surface area contributed by atoms with Crippen LogP contribution in [0, 0.1) is 0 Å². The van der Waals surface area contributed by atoms with Crippen molar-refractivity contribution >= 4 is 38.9 Å². The molecule has 0 unspecified atom stereocenters. The number of ether oxygens (including phenoxy) is 1. The molecule has 2 aromatic rings. The Morgan fingerprint density at radius 3 is 2.24 bits per heavy atom. The highest BCUT2D eigenvalue weighted by atomic mass is 32.2. The van der Waals surface area contributed by atoms with Crippen LogP contribution >= 0.6 is 12.2 Å². The van der Waals surface area contributed by atoms with Gasteiger partial charge in [-0.3, -0.25) is 10.1 Å². The number of carbonyl (C=O) groups is 1. The van der Waals surface area contributed by atoms with Crippen molar-refractivity contribution in [1.29, 1.82) is 0 Å². The van der Waals surface area contributed by atoms with Gasteiger partial charge in [0.2, 0.25) is 10.0 Å². The number of carbonyl (C=O) groups excluding carboxylic acids is 1. The molecule has 156 valence electrons. The smallest absolute Gasteiger partial charge is 0.257 e. The molecule has 29 heavy (non-hydrogen) atoms. The van der Waals surface area contributed by atoms with Gasteiger partial charge in [0.1, 0.15) is 5.75 Å². The topological polar surface area (TPSA) is 96.5 Å². The minimum atomic E-state index is -3.52. The Labute approximate surface area is 176 Å². The molecule has 7 nitrogen and oxygen atoms in total. The first-order chi connectivity index (χ1) is 13.9. The molecule has 3 N–H and O–H groups in total. The number of hydrogen-bond donors (Lipinski definition) is 3. The van der Waals surface area contributed by atoms with E-state index in [1.165, 1.54) is 12.1 Å². The second-order valence-electron chi connectivity index (χ2n) is 6.20. The molecule has 0 aliphatic carbocycles. The summed E-state index contributed by atoms with van der Waals surface area (Å²) in [5, 5.41) is 5.57. The minimum absolute atomic E-state index is 0.112. The number of rotatable bonds is 9. The fourth-order valence-corrected chi connectivity index (χ4v) is 3.64. The van der Waals surface area contributed by atoms with Crippen molar-refractivity contribution in [2.75, 3.05) is 18.5 Å². The lowest BCUT2D eigenvalue weighted by Gasteiger charge is -2.11. The van der Waals surface area contributed by atoms with Gasteiger partial charge in [0.25, 0.3) is 5.91 Å². The highest BCUT2D eigenvalue weighted by Crippen LogP contribution is 2.15. The molecule has 0 heterocycles. The second kappa shape index (κ2) is 10.9. The monoisotopic (exact) mass is 435 g/mol. The molecule has 0 fully saturated rings. The Hall–Kier alpha value is -2.49. The third-order valence-corrected chi connectivity index (χ3v) is 5.46. The van der Waals surface area contributed by atoms with E-state index in [0.717, 1.165) is 6.42 Å². The van der Waals surface area contributed by atoms with Crippen molar-refractivity contribution in [1.82, 2.24) is 10.0 Å². The predicted octanol–water partition coefficient (Wildman–Crippen LogP) is 3.29. The molecule has 0 aliphatic heterocycles. The van der Waals surface area contributed by atoms with Crippen LogP contribution in [0.5, 0.6) is 5.75 Å². The molecule has 0 radical (unpaired) electrons. The Balaban J connectivity index is 1.92. The molecule has 0 bridgehead atoms. The van der Waals surface area contributed by atoms with E-state index in [-0.39, 0.29) is 15.9 Å². The van der Waals surface area contributed by atoms with E-state index in [1.54, 1.807) is 36.4 Å². The maximum absolute atomic E-state index is 12.3. The Morgan fingerprint density at radius 2 is 1.66 bits per heavy atom. The van der Waals surface area contributed by atoms with Gasteiger partial charge in [0, 0.05) is 17.8 Å². The first-order valence-electron chi connectivity index (χ1n) is 9.30. The summed E-state index contributed by atoms with van der Waals surface area (Å²) in [4.78, 5) is 12.5. The normalized spacial score (nSPS) is 11.0. The summed E-state index contributed by atoms with van der Waals surface area (Å²) in [5.74, 6) is 0.347. The summed E-state index contributed by atoms with van der Waals surface area (Å²) in [7, 11) is -3.52. The summed E-state index contributed by atoms with van der Waals surface area (Å²) in [6.45, 7) is 4.91. The lowest BCUT2D eigenvalue weighted by Crippen LogP contribution is -2.34. The van der Waals surface area contributed by atoms with Crippen LogP contribution in [0.15, 0.2) is 53.4 Å². The van der Waals surface area contributed by atoms with Crippen LogP contribution in [-0.2, 0) is 10.0 Å². The molecular weight excluding hydrogens is 410 g/mol. The fraction of sp³-hybridized carbons (Fsp3) is 0.300. The van der Waals surface area contributed by atoms with E-state index in [4.69, 9.17) is 17.0 Å². The number of sulfonamides is 1. The molecular formula is C20H25N3O4S2. The SMILES string of the molecule is CCCNS(=O)(=O)c1ccc(NC(=S)NC(=O)c2ccc(OCCC)cc2)cc1. The molecule has 0 aromatic heterocycles. The van der Waals surface area contributed by atoms with Crippen molar-refractivity contribution in [2.24, 2.45) is 0 Å². The quantitative estimate of drug-likeness (QED) is 0.523. The zero-order valence-electron chi connectivity index (χ0n) is 16.4. The Bertz CT molecular complexity index is 927. The lowest BCUT2D eigenvalue weighted by atomic mass is 10.2.